The van der Waals surface area contributed by atoms with Gasteiger partial charge in [0.05, 0.1) is 5.56 Å². The Morgan fingerprint density at radius 3 is 2.45 bits per heavy atom. The second kappa shape index (κ2) is 7.69. The maximum atomic E-state index is 12.5. The summed E-state index contributed by atoms with van der Waals surface area (Å²) in [6.07, 6.45) is 0.797. The molecule has 0 radical (unpaired) electrons. The minimum atomic E-state index is -0.167. The molecule has 0 spiro atoms. The number of nitrogens with zero attached hydrogens (tertiary/aromatic N) is 2. The monoisotopic (exact) mass is 358 g/mol. The van der Waals surface area contributed by atoms with Gasteiger partial charge in [0, 0.05) is 30.0 Å². The first-order valence-corrected chi connectivity index (χ1v) is 7.58. The Kier molecular flexibility index (Phi) is 6.55. The second-order valence-electron chi connectivity index (χ2n) is 4.68. The largest absolute Gasteiger partial charge is 0.347 e. The zero-order chi connectivity index (χ0) is 15.3. The maximum absolute atomic E-state index is 12.5. The van der Waals surface area contributed by atoms with E-state index in [1.807, 2.05) is 6.92 Å². The molecule has 2 amide bonds. The van der Waals surface area contributed by atoms with E-state index < -0.39 is 0 Å². The van der Waals surface area contributed by atoms with E-state index in [1.54, 1.807) is 37.2 Å². The average molecular weight is 359 g/mol. The van der Waals surface area contributed by atoms with Crippen LogP contribution in [0.1, 0.15) is 23.7 Å². The molecule has 0 aliphatic heterocycles. The van der Waals surface area contributed by atoms with Crippen molar-refractivity contribution in [3.63, 3.8) is 0 Å². The van der Waals surface area contributed by atoms with Crippen LogP contribution >= 0.6 is 28.6 Å². The molecule has 0 N–H and O–H groups in total. The number of carbonyl (C=O) groups excluding carboxylic acids is 2. The van der Waals surface area contributed by atoms with Crippen LogP contribution in [0.5, 0.6) is 0 Å². The van der Waals surface area contributed by atoms with Gasteiger partial charge in [-0.15, -0.1) is 12.6 Å². The van der Waals surface area contributed by atoms with E-state index in [0.717, 1.165) is 10.9 Å². The second-order valence-corrected chi connectivity index (χ2v) is 6.07. The van der Waals surface area contributed by atoms with Crippen molar-refractivity contribution in [1.82, 2.24) is 9.80 Å². The lowest BCUT2D eigenvalue weighted by molar-refractivity contribution is -0.129. The molecule has 1 aromatic rings. The fourth-order valence-electron chi connectivity index (χ4n) is 1.68. The minimum Gasteiger partial charge on any atom is -0.347 e. The molecule has 20 heavy (non-hydrogen) atoms. The Balaban J connectivity index is 2.96. The first-order chi connectivity index (χ1) is 9.36. The van der Waals surface area contributed by atoms with Crippen LogP contribution in [0.25, 0.3) is 0 Å². The van der Waals surface area contributed by atoms with Crippen molar-refractivity contribution in [2.75, 3.05) is 27.2 Å². The van der Waals surface area contributed by atoms with Crippen molar-refractivity contribution in [3.05, 3.63) is 28.2 Å². The van der Waals surface area contributed by atoms with Crippen LogP contribution in [0.3, 0.4) is 0 Å². The summed E-state index contributed by atoms with van der Waals surface area (Å²) in [6, 6.07) is 5.29. The van der Waals surface area contributed by atoms with Crippen LogP contribution < -0.4 is 0 Å². The molecular weight excluding hydrogens is 340 g/mol. The molecule has 0 aliphatic rings. The van der Waals surface area contributed by atoms with E-state index in [1.165, 1.54) is 4.90 Å². The smallest absolute Gasteiger partial charge is 0.255 e. The Hall–Kier alpha value is -1.01. The predicted molar refractivity (Wildman–Crippen MR) is 86.3 cm³/mol. The molecule has 0 saturated heterocycles. The molecule has 0 bridgehead atoms. The van der Waals surface area contributed by atoms with Crippen molar-refractivity contribution >= 4 is 40.4 Å². The first-order valence-electron chi connectivity index (χ1n) is 6.34. The normalized spacial score (nSPS) is 10.2. The summed E-state index contributed by atoms with van der Waals surface area (Å²) in [5, 5.41) is 0. The highest BCUT2D eigenvalue weighted by atomic mass is 79.9. The van der Waals surface area contributed by atoms with Gasteiger partial charge >= 0.3 is 0 Å². The molecule has 110 valence electrons. The van der Waals surface area contributed by atoms with Gasteiger partial charge in [0.15, 0.2) is 0 Å². The van der Waals surface area contributed by atoms with E-state index >= 15 is 0 Å². The average Bonchev–Trinajstić information content (AvgIpc) is 2.37. The third-order valence-electron chi connectivity index (χ3n) is 2.80. The van der Waals surface area contributed by atoms with Crippen molar-refractivity contribution in [2.45, 2.75) is 18.2 Å². The van der Waals surface area contributed by atoms with Crippen LogP contribution in [-0.2, 0) is 4.79 Å². The zero-order valence-corrected chi connectivity index (χ0v) is 14.4. The van der Waals surface area contributed by atoms with Crippen molar-refractivity contribution in [3.8, 4) is 0 Å². The Morgan fingerprint density at radius 2 is 1.95 bits per heavy atom. The third-order valence-corrected chi connectivity index (χ3v) is 3.66. The van der Waals surface area contributed by atoms with Crippen LogP contribution in [0.2, 0.25) is 0 Å². The number of halogens is 1. The molecule has 0 heterocycles. The number of rotatable bonds is 5. The van der Waals surface area contributed by atoms with E-state index in [4.69, 9.17) is 0 Å². The Labute approximate surface area is 133 Å². The van der Waals surface area contributed by atoms with E-state index in [0.29, 0.717) is 17.0 Å². The summed E-state index contributed by atoms with van der Waals surface area (Å²) in [7, 11) is 3.36. The molecule has 6 heteroatoms. The van der Waals surface area contributed by atoms with Crippen molar-refractivity contribution < 1.29 is 9.59 Å². The Bertz CT molecular complexity index is 506. The van der Waals surface area contributed by atoms with Crippen molar-refractivity contribution in [2.24, 2.45) is 0 Å². The van der Waals surface area contributed by atoms with Gasteiger partial charge in [0.2, 0.25) is 5.91 Å². The van der Waals surface area contributed by atoms with Gasteiger partial charge in [0.1, 0.15) is 6.54 Å². The molecule has 0 atom stereocenters. The van der Waals surface area contributed by atoms with Crippen molar-refractivity contribution in [1.29, 1.82) is 0 Å². The van der Waals surface area contributed by atoms with Gasteiger partial charge in [-0.25, -0.2) is 0 Å². The highest BCUT2D eigenvalue weighted by Gasteiger charge is 2.20. The van der Waals surface area contributed by atoms with E-state index in [2.05, 4.69) is 28.6 Å². The highest BCUT2D eigenvalue weighted by Crippen LogP contribution is 2.21. The number of carbonyl (C=O) groups is 2. The predicted octanol–water partition coefficient (Wildman–Crippen LogP) is 2.68. The number of hydrogen-bond donors (Lipinski definition) is 1. The molecule has 4 nitrogen and oxygen atoms in total. The topological polar surface area (TPSA) is 40.6 Å². The number of hydrogen-bond acceptors (Lipinski definition) is 3. The standard InChI is InChI=1S/C14H19BrN2O2S/c1-4-7-17(9-13(18)16(2)3)14(19)11-6-5-10(15)8-12(11)20/h5-6,8,20H,4,7,9H2,1-3H3. The van der Waals surface area contributed by atoms with Gasteiger partial charge in [-0.2, -0.15) is 0 Å². The van der Waals surface area contributed by atoms with E-state index in [9.17, 15) is 9.59 Å². The van der Waals surface area contributed by atoms with Gasteiger partial charge in [0.25, 0.3) is 5.91 Å². The van der Waals surface area contributed by atoms with Gasteiger partial charge < -0.3 is 9.80 Å². The number of amides is 2. The zero-order valence-electron chi connectivity index (χ0n) is 11.9. The van der Waals surface area contributed by atoms with Crippen LogP contribution in [0.4, 0.5) is 0 Å². The Morgan fingerprint density at radius 1 is 1.30 bits per heavy atom. The fourth-order valence-corrected chi connectivity index (χ4v) is 2.53. The fraction of sp³-hybridized carbons (Fsp3) is 0.429. The van der Waals surface area contributed by atoms with Crippen LogP contribution in [0, 0.1) is 0 Å². The molecule has 0 saturated carbocycles. The van der Waals surface area contributed by atoms with Gasteiger partial charge in [-0.05, 0) is 24.6 Å². The summed E-state index contributed by atoms with van der Waals surface area (Å²) in [6.45, 7) is 2.61. The molecule has 0 aliphatic carbocycles. The van der Waals surface area contributed by atoms with Gasteiger partial charge in [-0.1, -0.05) is 22.9 Å². The SMILES string of the molecule is CCCN(CC(=O)N(C)C)C(=O)c1ccc(Br)cc1S. The van der Waals surface area contributed by atoms with Gasteiger partial charge in [-0.3, -0.25) is 9.59 Å². The lowest BCUT2D eigenvalue weighted by atomic mass is 10.2. The summed E-state index contributed by atoms with van der Waals surface area (Å²) in [4.78, 5) is 28.0. The highest BCUT2D eigenvalue weighted by molar-refractivity contribution is 9.10. The summed E-state index contributed by atoms with van der Waals surface area (Å²) < 4.78 is 0.866. The molecule has 1 rings (SSSR count). The molecule has 0 aromatic heterocycles. The third kappa shape index (κ3) is 4.52. The lowest BCUT2D eigenvalue weighted by Gasteiger charge is -2.24. The summed E-state index contributed by atoms with van der Waals surface area (Å²) in [5.41, 5.74) is 0.511. The quantitative estimate of drug-likeness (QED) is 0.822. The lowest BCUT2D eigenvalue weighted by Crippen LogP contribution is -2.40. The van der Waals surface area contributed by atoms with Crippen LogP contribution in [0.15, 0.2) is 27.6 Å². The minimum absolute atomic E-state index is 0.0863. The molecular formula is C14H19BrN2O2S. The van der Waals surface area contributed by atoms with E-state index in [-0.39, 0.29) is 18.4 Å². The first kappa shape index (κ1) is 17.0. The molecule has 0 fully saturated rings. The van der Waals surface area contributed by atoms with Crippen LogP contribution in [-0.4, -0.2) is 48.8 Å². The number of likely N-dealkylation sites (N-methyl/N-ethyl adjacent to an activating group) is 1. The summed E-state index contributed by atoms with van der Waals surface area (Å²) >= 11 is 7.67. The maximum Gasteiger partial charge on any atom is 0.255 e. The molecule has 0 unspecified atom stereocenters. The molecule has 1 aromatic carbocycles. The summed E-state index contributed by atoms with van der Waals surface area (Å²) in [5.74, 6) is -0.260. The number of thiol groups is 1. The number of benzene rings is 1.